The number of aliphatic hydroxyl groups is 1. The molecule has 0 aliphatic heterocycles. The lowest BCUT2D eigenvalue weighted by Gasteiger charge is -2.25. The summed E-state index contributed by atoms with van der Waals surface area (Å²) in [6, 6.07) is 6.33. The van der Waals surface area contributed by atoms with Gasteiger partial charge in [0.1, 0.15) is 5.75 Å². The van der Waals surface area contributed by atoms with Gasteiger partial charge in [-0.05, 0) is 44.0 Å². The lowest BCUT2D eigenvalue weighted by atomic mass is 10.1. The Labute approximate surface area is 127 Å². The van der Waals surface area contributed by atoms with Crippen molar-refractivity contribution in [1.29, 1.82) is 0 Å². The minimum absolute atomic E-state index is 0.0287. The van der Waals surface area contributed by atoms with E-state index in [2.05, 4.69) is 0 Å². The van der Waals surface area contributed by atoms with Gasteiger partial charge in [0.2, 0.25) is 10.0 Å². The first-order valence-electron chi connectivity index (χ1n) is 6.94. The number of nitrogens with zero attached hydrogens (tertiary/aromatic N) is 1. The van der Waals surface area contributed by atoms with E-state index in [1.165, 1.54) is 19.2 Å². The van der Waals surface area contributed by atoms with E-state index in [1.54, 1.807) is 26.0 Å². The fourth-order valence-electron chi connectivity index (χ4n) is 1.78. The Balaban J connectivity index is 2.85. The Morgan fingerprint density at radius 2 is 1.76 bits per heavy atom. The molecule has 1 aromatic carbocycles. The molecular formula is C15H25NO4S. The average Bonchev–Trinajstić information content (AvgIpc) is 2.34. The van der Waals surface area contributed by atoms with Crippen LogP contribution >= 0.6 is 0 Å². The smallest absolute Gasteiger partial charge is 0.242 e. The van der Waals surface area contributed by atoms with Gasteiger partial charge in [-0.3, -0.25) is 0 Å². The molecule has 0 amide bonds. The second-order valence-electron chi connectivity index (χ2n) is 6.25. The van der Waals surface area contributed by atoms with Crippen molar-refractivity contribution in [3.63, 3.8) is 0 Å². The van der Waals surface area contributed by atoms with Crippen LogP contribution in [0, 0.1) is 5.92 Å². The van der Waals surface area contributed by atoms with Crippen LogP contribution in [0.4, 0.5) is 0 Å². The van der Waals surface area contributed by atoms with Crippen molar-refractivity contribution < 1.29 is 18.3 Å². The van der Waals surface area contributed by atoms with Gasteiger partial charge >= 0.3 is 0 Å². The lowest BCUT2D eigenvalue weighted by Crippen LogP contribution is -2.39. The minimum Gasteiger partial charge on any atom is -0.493 e. The van der Waals surface area contributed by atoms with Gasteiger partial charge in [-0.1, -0.05) is 13.8 Å². The number of hydrogen-bond acceptors (Lipinski definition) is 4. The number of benzene rings is 1. The maximum atomic E-state index is 12.4. The molecular weight excluding hydrogens is 290 g/mol. The van der Waals surface area contributed by atoms with Gasteiger partial charge in [0.05, 0.1) is 17.1 Å². The highest BCUT2D eigenvalue weighted by atomic mass is 32.2. The third-order valence-corrected chi connectivity index (χ3v) is 4.54. The van der Waals surface area contributed by atoms with E-state index in [-0.39, 0.29) is 11.4 Å². The number of sulfonamides is 1. The van der Waals surface area contributed by atoms with E-state index in [0.29, 0.717) is 18.3 Å². The quantitative estimate of drug-likeness (QED) is 0.837. The molecule has 5 nitrogen and oxygen atoms in total. The second-order valence-corrected chi connectivity index (χ2v) is 8.29. The van der Waals surface area contributed by atoms with Crippen molar-refractivity contribution in [1.82, 2.24) is 4.31 Å². The predicted molar refractivity (Wildman–Crippen MR) is 82.9 cm³/mol. The average molecular weight is 315 g/mol. The first-order chi connectivity index (χ1) is 9.52. The standard InChI is InChI=1S/C15H25NO4S/c1-12(2)10-20-13-6-8-14(9-7-13)21(18,19)16(5)11-15(3,4)17/h6-9,12,17H,10-11H2,1-5H3. The molecule has 0 atom stereocenters. The highest BCUT2D eigenvalue weighted by Gasteiger charge is 2.26. The first-order valence-corrected chi connectivity index (χ1v) is 8.38. The third-order valence-electron chi connectivity index (χ3n) is 2.72. The van der Waals surface area contributed by atoms with Crippen molar-refractivity contribution in [2.45, 2.75) is 38.2 Å². The fraction of sp³-hybridized carbons (Fsp3) is 0.600. The van der Waals surface area contributed by atoms with Gasteiger partial charge in [-0.2, -0.15) is 4.31 Å². The SMILES string of the molecule is CC(C)COc1ccc(S(=O)(=O)N(C)CC(C)(C)O)cc1. The van der Waals surface area contributed by atoms with Crippen LogP contribution < -0.4 is 4.74 Å². The predicted octanol–water partition coefficient (Wildman–Crippen LogP) is 2.11. The second kappa shape index (κ2) is 6.77. The Morgan fingerprint density at radius 3 is 2.19 bits per heavy atom. The van der Waals surface area contributed by atoms with E-state index in [1.807, 2.05) is 13.8 Å². The van der Waals surface area contributed by atoms with Crippen LogP contribution in [0.15, 0.2) is 29.2 Å². The molecule has 1 N–H and O–H groups in total. The molecule has 0 radical (unpaired) electrons. The zero-order valence-electron chi connectivity index (χ0n) is 13.3. The van der Waals surface area contributed by atoms with E-state index in [0.717, 1.165) is 4.31 Å². The van der Waals surface area contributed by atoms with Crippen LogP contribution in [0.1, 0.15) is 27.7 Å². The molecule has 120 valence electrons. The summed E-state index contributed by atoms with van der Waals surface area (Å²) in [5.41, 5.74) is -1.08. The zero-order chi connectivity index (χ0) is 16.3. The van der Waals surface area contributed by atoms with E-state index in [9.17, 15) is 13.5 Å². The van der Waals surface area contributed by atoms with Crippen molar-refractivity contribution in [3.05, 3.63) is 24.3 Å². The lowest BCUT2D eigenvalue weighted by molar-refractivity contribution is 0.0640. The number of hydrogen-bond donors (Lipinski definition) is 1. The molecule has 1 aromatic rings. The number of likely N-dealkylation sites (N-methyl/N-ethyl adjacent to an activating group) is 1. The summed E-state index contributed by atoms with van der Waals surface area (Å²) in [6.45, 7) is 7.85. The van der Waals surface area contributed by atoms with Crippen LogP contribution in [0.2, 0.25) is 0 Å². The summed E-state index contributed by atoms with van der Waals surface area (Å²) in [7, 11) is -2.15. The molecule has 0 unspecified atom stereocenters. The molecule has 0 heterocycles. The first kappa shape index (κ1) is 17.9. The van der Waals surface area contributed by atoms with Gasteiger partial charge in [-0.25, -0.2) is 8.42 Å². The normalized spacial score (nSPS) is 13.0. The summed E-state index contributed by atoms with van der Waals surface area (Å²) in [4.78, 5) is 0.186. The fourth-order valence-corrected chi connectivity index (χ4v) is 3.11. The Kier molecular flexibility index (Phi) is 5.78. The van der Waals surface area contributed by atoms with E-state index >= 15 is 0 Å². The van der Waals surface area contributed by atoms with Crippen LogP contribution in [0.3, 0.4) is 0 Å². The molecule has 0 aliphatic rings. The monoisotopic (exact) mass is 315 g/mol. The van der Waals surface area contributed by atoms with Gasteiger partial charge in [0, 0.05) is 13.6 Å². The molecule has 0 aromatic heterocycles. The zero-order valence-corrected chi connectivity index (χ0v) is 14.1. The van der Waals surface area contributed by atoms with Gasteiger partial charge in [0.25, 0.3) is 0 Å². The van der Waals surface area contributed by atoms with Crippen molar-refractivity contribution in [3.8, 4) is 5.75 Å². The van der Waals surface area contributed by atoms with Crippen LogP contribution in [-0.4, -0.2) is 43.6 Å². The van der Waals surface area contributed by atoms with Gasteiger partial charge in [-0.15, -0.1) is 0 Å². The maximum Gasteiger partial charge on any atom is 0.242 e. The molecule has 1 rings (SSSR count). The molecule has 0 spiro atoms. The Bertz CT molecular complexity index is 544. The summed E-state index contributed by atoms with van der Waals surface area (Å²) < 4.78 is 31.4. The Hall–Kier alpha value is -1.11. The summed E-state index contributed by atoms with van der Waals surface area (Å²) in [5, 5.41) is 9.74. The molecule has 21 heavy (non-hydrogen) atoms. The largest absolute Gasteiger partial charge is 0.493 e. The molecule has 6 heteroatoms. The summed E-state index contributed by atoms with van der Waals surface area (Å²) in [6.07, 6.45) is 0. The van der Waals surface area contributed by atoms with Crippen molar-refractivity contribution in [2.24, 2.45) is 5.92 Å². The molecule has 0 saturated carbocycles. The molecule has 0 fully saturated rings. The van der Waals surface area contributed by atoms with E-state index in [4.69, 9.17) is 4.74 Å². The van der Waals surface area contributed by atoms with Crippen molar-refractivity contribution in [2.75, 3.05) is 20.2 Å². The third kappa shape index (κ3) is 5.65. The topological polar surface area (TPSA) is 66.8 Å². The van der Waals surface area contributed by atoms with Gasteiger partial charge < -0.3 is 9.84 Å². The molecule has 0 aliphatic carbocycles. The molecule has 0 saturated heterocycles. The maximum absolute atomic E-state index is 12.4. The Morgan fingerprint density at radius 1 is 1.24 bits per heavy atom. The minimum atomic E-state index is -3.60. The van der Waals surface area contributed by atoms with Crippen LogP contribution in [0.5, 0.6) is 5.75 Å². The number of ether oxygens (including phenoxy) is 1. The van der Waals surface area contributed by atoms with Gasteiger partial charge in [0.15, 0.2) is 0 Å². The van der Waals surface area contributed by atoms with E-state index < -0.39 is 15.6 Å². The summed E-state index contributed by atoms with van der Waals surface area (Å²) in [5.74, 6) is 1.05. The highest BCUT2D eigenvalue weighted by Crippen LogP contribution is 2.20. The van der Waals surface area contributed by atoms with Crippen LogP contribution in [0.25, 0.3) is 0 Å². The van der Waals surface area contributed by atoms with Crippen LogP contribution in [-0.2, 0) is 10.0 Å². The molecule has 0 bridgehead atoms. The highest BCUT2D eigenvalue weighted by molar-refractivity contribution is 7.89. The summed E-state index contributed by atoms with van der Waals surface area (Å²) >= 11 is 0. The number of rotatable bonds is 7. The van der Waals surface area contributed by atoms with Crippen molar-refractivity contribution >= 4 is 10.0 Å².